The first-order valence-corrected chi connectivity index (χ1v) is 7.68. The minimum atomic E-state index is 0.707. The Morgan fingerprint density at radius 3 is 2.55 bits per heavy atom. The monoisotopic (exact) mass is 286 g/mol. The van der Waals surface area contributed by atoms with Gasteiger partial charge in [0.25, 0.3) is 0 Å². The number of rotatable bonds is 2. The zero-order chi connectivity index (χ0) is 15.2. The van der Waals surface area contributed by atoms with E-state index in [0.29, 0.717) is 6.42 Å². The summed E-state index contributed by atoms with van der Waals surface area (Å²) >= 11 is 0. The zero-order valence-electron chi connectivity index (χ0n) is 12.5. The van der Waals surface area contributed by atoms with Crippen molar-refractivity contribution in [1.29, 1.82) is 0 Å². The van der Waals surface area contributed by atoms with Crippen LogP contribution in [0.15, 0.2) is 60.2 Å². The number of aldehydes is 1. The molecule has 0 amide bonds. The summed E-state index contributed by atoms with van der Waals surface area (Å²) in [5.41, 5.74) is 5.38. The van der Waals surface area contributed by atoms with E-state index in [-0.39, 0.29) is 0 Å². The minimum Gasteiger partial charge on any atom is -0.298 e. The van der Waals surface area contributed by atoms with Crippen molar-refractivity contribution in [2.75, 3.05) is 0 Å². The third kappa shape index (κ3) is 3.18. The largest absolute Gasteiger partial charge is 0.298 e. The zero-order valence-corrected chi connectivity index (χ0v) is 12.5. The van der Waals surface area contributed by atoms with Crippen molar-refractivity contribution >= 4 is 11.9 Å². The average molecular weight is 286 g/mol. The van der Waals surface area contributed by atoms with Crippen molar-refractivity contribution in [3.05, 3.63) is 76.9 Å². The molecule has 0 unspecified atom stereocenters. The Kier molecular flexibility index (Phi) is 4.51. The summed E-state index contributed by atoms with van der Waals surface area (Å²) in [6.07, 6.45) is 4.52. The maximum absolute atomic E-state index is 11.4. The number of carbonyl (C=O) groups excluding carboxylic acids is 1. The fourth-order valence-electron chi connectivity index (χ4n) is 2.85. The first-order chi connectivity index (χ1) is 10.9. The number of aryl methyl sites for hydroxylation is 1. The molecule has 0 aliphatic heterocycles. The first-order valence-electron chi connectivity index (χ1n) is 7.68. The van der Waals surface area contributed by atoms with Gasteiger partial charge in [-0.1, -0.05) is 66.4 Å². The van der Waals surface area contributed by atoms with Crippen LogP contribution >= 0.6 is 0 Å². The van der Waals surface area contributed by atoms with Crippen LogP contribution in [0.4, 0.5) is 0 Å². The van der Waals surface area contributed by atoms with Crippen LogP contribution in [0.25, 0.3) is 5.57 Å². The predicted molar refractivity (Wildman–Crippen MR) is 90.3 cm³/mol. The van der Waals surface area contributed by atoms with Gasteiger partial charge >= 0.3 is 0 Å². The molecule has 1 aliphatic carbocycles. The molecular weight excluding hydrogens is 268 g/mol. The Morgan fingerprint density at radius 1 is 0.955 bits per heavy atom. The summed E-state index contributed by atoms with van der Waals surface area (Å²) < 4.78 is 0. The highest BCUT2D eigenvalue weighted by Gasteiger charge is 2.14. The molecule has 0 fully saturated rings. The molecule has 2 aromatic rings. The number of carbonyl (C=O) groups is 1. The van der Waals surface area contributed by atoms with Gasteiger partial charge < -0.3 is 0 Å². The SMILES string of the molecule is O=CC1=C(C#CCc2ccccc2)c2ccccc2CCC1. The summed E-state index contributed by atoms with van der Waals surface area (Å²) in [6.45, 7) is 0. The summed E-state index contributed by atoms with van der Waals surface area (Å²) in [6, 6.07) is 18.5. The Morgan fingerprint density at radius 2 is 1.73 bits per heavy atom. The molecule has 1 heteroatoms. The van der Waals surface area contributed by atoms with Crippen LogP contribution in [0.5, 0.6) is 0 Å². The van der Waals surface area contributed by atoms with Gasteiger partial charge in [0.15, 0.2) is 0 Å². The Balaban J connectivity index is 1.96. The van der Waals surface area contributed by atoms with E-state index in [2.05, 4.69) is 42.2 Å². The Hall–Kier alpha value is -2.59. The molecule has 0 aromatic heterocycles. The van der Waals surface area contributed by atoms with Crippen molar-refractivity contribution in [3.8, 4) is 11.8 Å². The van der Waals surface area contributed by atoms with Gasteiger partial charge in [-0.3, -0.25) is 4.79 Å². The predicted octanol–water partition coefficient (Wildman–Crippen LogP) is 4.22. The highest BCUT2D eigenvalue weighted by atomic mass is 16.1. The maximum atomic E-state index is 11.4. The molecular formula is C21H18O. The molecule has 3 rings (SSSR count). The maximum Gasteiger partial charge on any atom is 0.147 e. The third-order valence-corrected chi connectivity index (χ3v) is 3.99. The number of benzene rings is 2. The molecule has 0 radical (unpaired) electrons. The lowest BCUT2D eigenvalue weighted by molar-refractivity contribution is -0.105. The first kappa shape index (κ1) is 14.4. The molecule has 0 N–H and O–H groups in total. The van der Waals surface area contributed by atoms with Crippen LogP contribution in [-0.4, -0.2) is 6.29 Å². The van der Waals surface area contributed by atoms with Gasteiger partial charge in [0.2, 0.25) is 0 Å². The number of allylic oxidation sites excluding steroid dienone is 2. The van der Waals surface area contributed by atoms with Gasteiger partial charge in [-0.25, -0.2) is 0 Å². The standard InChI is InChI=1S/C21H18O/c22-16-19-13-7-12-18-11-4-5-14-20(18)21(19)15-6-10-17-8-2-1-3-9-17/h1-5,8-9,11,14,16H,7,10,12-13H2. The Bertz CT molecular complexity index is 757. The van der Waals surface area contributed by atoms with Crippen molar-refractivity contribution < 1.29 is 4.79 Å². The van der Waals surface area contributed by atoms with Crippen LogP contribution in [0.3, 0.4) is 0 Å². The van der Waals surface area contributed by atoms with E-state index in [1.807, 2.05) is 24.3 Å². The fraction of sp³-hybridized carbons (Fsp3) is 0.190. The lowest BCUT2D eigenvalue weighted by atomic mass is 9.97. The molecule has 2 aromatic carbocycles. The van der Waals surface area contributed by atoms with Gasteiger partial charge in [0, 0.05) is 17.6 Å². The van der Waals surface area contributed by atoms with Crippen LogP contribution in [-0.2, 0) is 17.6 Å². The van der Waals surface area contributed by atoms with Gasteiger partial charge in [-0.2, -0.15) is 0 Å². The second-order valence-corrected chi connectivity index (χ2v) is 5.49. The second kappa shape index (κ2) is 6.91. The van der Waals surface area contributed by atoms with Crippen molar-refractivity contribution in [2.45, 2.75) is 25.7 Å². The molecule has 22 heavy (non-hydrogen) atoms. The van der Waals surface area contributed by atoms with E-state index < -0.39 is 0 Å². The number of hydrogen-bond acceptors (Lipinski definition) is 1. The smallest absolute Gasteiger partial charge is 0.147 e. The lowest BCUT2D eigenvalue weighted by Gasteiger charge is -2.06. The molecule has 0 heterocycles. The van der Waals surface area contributed by atoms with Crippen molar-refractivity contribution in [1.82, 2.24) is 0 Å². The van der Waals surface area contributed by atoms with E-state index >= 15 is 0 Å². The van der Waals surface area contributed by atoms with E-state index in [1.54, 1.807) is 0 Å². The van der Waals surface area contributed by atoms with Gasteiger partial charge in [0.05, 0.1) is 0 Å². The highest BCUT2D eigenvalue weighted by Crippen LogP contribution is 2.28. The van der Waals surface area contributed by atoms with Crippen molar-refractivity contribution in [3.63, 3.8) is 0 Å². The van der Waals surface area contributed by atoms with Crippen LogP contribution in [0, 0.1) is 11.8 Å². The van der Waals surface area contributed by atoms with Gasteiger partial charge in [0.1, 0.15) is 6.29 Å². The summed E-state index contributed by atoms with van der Waals surface area (Å²) in [7, 11) is 0. The quantitative estimate of drug-likeness (QED) is 0.596. The third-order valence-electron chi connectivity index (χ3n) is 3.99. The normalized spacial score (nSPS) is 13.6. The van der Waals surface area contributed by atoms with E-state index in [9.17, 15) is 4.79 Å². The molecule has 0 saturated carbocycles. The van der Waals surface area contributed by atoms with Gasteiger partial charge in [-0.05, 0) is 36.0 Å². The molecule has 0 bridgehead atoms. The summed E-state index contributed by atoms with van der Waals surface area (Å²) in [5.74, 6) is 6.50. The molecule has 0 atom stereocenters. The van der Waals surface area contributed by atoms with Crippen molar-refractivity contribution in [2.24, 2.45) is 0 Å². The fourth-order valence-corrected chi connectivity index (χ4v) is 2.85. The highest BCUT2D eigenvalue weighted by molar-refractivity contribution is 5.95. The van der Waals surface area contributed by atoms with E-state index in [1.165, 1.54) is 11.1 Å². The molecule has 0 spiro atoms. The molecule has 0 saturated heterocycles. The van der Waals surface area contributed by atoms with Gasteiger partial charge in [-0.15, -0.1) is 0 Å². The average Bonchev–Trinajstić information content (AvgIpc) is 2.75. The number of fused-ring (bicyclic) bond motifs is 1. The summed E-state index contributed by atoms with van der Waals surface area (Å²) in [4.78, 5) is 11.4. The topological polar surface area (TPSA) is 17.1 Å². The summed E-state index contributed by atoms with van der Waals surface area (Å²) in [5, 5.41) is 0. The molecule has 1 aliphatic rings. The molecule has 108 valence electrons. The van der Waals surface area contributed by atoms with E-state index in [0.717, 1.165) is 42.3 Å². The Labute approximate surface area is 131 Å². The van der Waals surface area contributed by atoms with Crippen LogP contribution < -0.4 is 0 Å². The van der Waals surface area contributed by atoms with Crippen LogP contribution in [0.1, 0.15) is 29.5 Å². The molecule has 1 nitrogen and oxygen atoms in total. The minimum absolute atomic E-state index is 0.707. The number of hydrogen-bond donors (Lipinski definition) is 0. The lowest BCUT2D eigenvalue weighted by Crippen LogP contribution is -1.92. The van der Waals surface area contributed by atoms with E-state index in [4.69, 9.17) is 0 Å². The second-order valence-electron chi connectivity index (χ2n) is 5.49. The van der Waals surface area contributed by atoms with Crippen LogP contribution in [0.2, 0.25) is 0 Å².